The van der Waals surface area contributed by atoms with Crippen LogP contribution in [0.3, 0.4) is 0 Å². The summed E-state index contributed by atoms with van der Waals surface area (Å²) in [4.78, 5) is 4.83. The molecule has 1 aliphatic carbocycles. The first-order chi connectivity index (χ1) is 11.6. The molecular weight excluding hydrogens is 300 g/mol. The number of hydrogen-bond acceptors (Lipinski definition) is 4. The van der Waals surface area contributed by atoms with Crippen molar-refractivity contribution in [1.82, 2.24) is 4.90 Å². The van der Waals surface area contributed by atoms with Gasteiger partial charge in [-0.1, -0.05) is 25.1 Å². The molecule has 0 aromatic heterocycles. The Morgan fingerprint density at radius 3 is 2.79 bits per heavy atom. The average Bonchev–Trinajstić information content (AvgIpc) is 2.97. The monoisotopic (exact) mass is 326 g/mol. The van der Waals surface area contributed by atoms with Crippen molar-refractivity contribution < 1.29 is 10.2 Å². The molecule has 1 saturated carbocycles. The lowest BCUT2D eigenvalue weighted by Gasteiger charge is -2.62. The highest BCUT2D eigenvalue weighted by molar-refractivity contribution is 5.67. The highest BCUT2D eigenvalue weighted by atomic mass is 16.3. The Morgan fingerprint density at radius 1 is 1.21 bits per heavy atom. The fraction of sp³-hybridized carbons (Fsp3) is 0.700. The number of benzene rings is 1. The van der Waals surface area contributed by atoms with E-state index in [1.54, 1.807) is 0 Å². The van der Waals surface area contributed by atoms with Crippen molar-refractivity contribution in [3.05, 3.63) is 29.8 Å². The second-order valence-electron chi connectivity index (χ2n) is 8.81. The molecule has 4 nitrogen and oxygen atoms in total. The second kappa shape index (κ2) is 4.17. The minimum atomic E-state index is -0.319. The summed E-state index contributed by atoms with van der Waals surface area (Å²) in [5, 5.41) is 22.6. The molecule has 0 radical (unpaired) electrons. The Balaban J connectivity index is 1.60. The zero-order chi connectivity index (χ0) is 16.4. The van der Waals surface area contributed by atoms with Gasteiger partial charge >= 0.3 is 0 Å². The molecule has 1 aromatic carbocycles. The van der Waals surface area contributed by atoms with E-state index in [-0.39, 0.29) is 17.7 Å². The van der Waals surface area contributed by atoms with E-state index in [4.69, 9.17) is 0 Å². The second-order valence-corrected chi connectivity index (χ2v) is 8.81. The van der Waals surface area contributed by atoms with Gasteiger partial charge in [-0.15, -0.1) is 0 Å². The van der Waals surface area contributed by atoms with Gasteiger partial charge in [-0.2, -0.15) is 0 Å². The molecule has 5 heterocycles. The zero-order valence-corrected chi connectivity index (χ0v) is 14.3. The predicted octanol–water partition coefficient (Wildman–Crippen LogP) is 1.55. The van der Waals surface area contributed by atoms with Crippen LogP contribution in [0.2, 0.25) is 0 Å². The lowest BCUT2D eigenvalue weighted by molar-refractivity contribution is -0.211. The normalized spacial score (nSPS) is 55.8. The summed E-state index contributed by atoms with van der Waals surface area (Å²) in [6, 6.07) is 9.70. The number of fused-ring (bicyclic) bond motifs is 2. The number of aliphatic hydroxyl groups is 2. The van der Waals surface area contributed by atoms with Crippen LogP contribution in [0.25, 0.3) is 0 Å². The Hall–Kier alpha value is -1.10. The van der Waals surface area contributed by atoms with Gasteiger partial charge in [0.15, 0.2) is 0 Å². The van der Waals surface area contributed by atoms with Crippen molar-refractivity contribution in [2.75, 3.05) is 11.9 Å². The van der Waals surface area contributed by atoms with Gasteiger partial charge in [0, 0.05) is 42.1 Å². The summed E-state index contributed by atoms with van der Waals surface area (Å²) in [5.74, 6) is 1.14. The van der Waals surface area contributed by atoms with Gasteiger partial charge in [0.05, 0.1) is 12.1 Å². The number of likely N-dealkylation sites (N-methyl/N-ethyl adjacent to an activating group) is 1. The van der Waals surface area contributed by atoms with Crippen molar-refractivity contribution in [3.8, 4) is 0 Å². The molecule has 5 fully saturated rings. The Bertz CT molecular complexity index is 723. The highest BCUT2D eigenvalue weighted by Crippen LogP contribution is 2.68. The van der Waals surface area contributed by atoms with E-state index in [9.17, 15) is 10.2 Å². The van der Waals surface area contributed by atoms with Gasteiger partial charge in [0.2, 0.25) is 0 Å². The van der Waals surface area contributed by atoms with Crippen LogP contribution in [0.4, 0.5) is 5.69 Å². The maximum Gasteiger partial charge on any atom is 0.111 e. The molecule has 5 aliphatic heterocycles. The van der Waals surface area contributed by atoms with Crippen molar-refractivity contribution >= 4 is 5.69 Å². The van der Waals surface area contributed by atoms with Gasteiger partial charge in [0.1, 0.15) is 6.23 Å². The molecule has 2 N–H and O–H groups in total. The first kappa shape index (κ1) is 14.1. The Labute approximate surface area is 143 Å². The SMILES string of the molecule is CCC1C2CC3[C@@H]4N(C)c5ccccc5C45CC(C2C5O)N3C1O. The van der Waals surface area contributed by atoms with E-state index >= 15 is 0 Å². The number of piperidine rings is 4. The summed E-state index contributed by atoms with van der Waals surface area (Å²) in [7, 11) is 2.19. The van der Waals surface area contributed by atoms with E-state index in [0.717, 1.165) is 19.3 Å². The molecule has 128 valence electrons. The van der Waals surface area contributed by atoms with Crippen molar-refractivity contribution in [2.24, 2.45) is 17.8 Å². The van der Waals surface area contributed by atoms with E-state index in [0.29, 0.717) is 35.9 Å². The fourth-order valence-electron chi connectivity index (χ4n) is 7.88. The molecule has 6 aliphatic rings. The maximum atomic E-state index is 11.6. The zero-order valence-electron chi connectivity index (χ0n) is 14.3. The molecule has 0 amide bonds. The van der Waals surface area contributed by atoms with Gasteiger partial charge in [-0.05, 0) is 36.8 Å². The van der Waals surface area contributed by atoms with Crippen molar-refractivity contribution in [1.29, 1.82) is 0 Å². The summed E-state index contributed by atoms with van der Waals surface area (Å²) < 4.78 is 0. The quantitative estimate of drug-likeness (QED) is 0.822. The molecule has 4 saturated heterocycles. The third kappa shape index (κ3) is 1.20. The van der Waals surface area contributed by atoms with Crippen molar-refractivity contribution in [2.45, 2.75) is 62.1 Å². The Morgan fingerprint density at radius 2 is 2.00 bits per heavy atom. The van der Waals surface area contributed by atoms with E-state index in [2.05, 4.69) is 48.0 Å². The van der Waals surface area contributed by atoms with Crippen LogP contribution in [-0.2, 0) is 5.41 Å². The van der Waals surface area contributed by atoms with Gasteiger partial charge in [0.25, 0.3) is 0 Å². The number of para-hydroxylation sites is 1. The van der Waals surface area contributed by atoms with Gasteiger partial charge in [-0.3, -0.25) is 4.90 Å². The van der Waals surface area contributed by atoms with Crippen LogP contribution in [0.1, 0.15) is 31.7 Å². The van der Waals surface area contributed by atoms with E-state index < -0.39 is 0 Å². The molecule has 24 heavy (non-hydrogen) atoms. The number of rotatable bonds is 1. The molecular formula is C20H26N2O2. The molecule has 9 unspecified atom stereocenters. The number of hydrogen-bond donors (Lipinski definition) is 2. The number of anilines is 1. The lowest BCUT2D eigenvalue weighted by Crippen LogP contribution is -2.72. The topological polar surface area (TPSA) is 46.9 Å². The third-order valence-electron chi connectivity index (χ3n) is 8.46. The Kier molecular flexibility index (Phi) is 2.45. The number of nitrogens with zero attached hydrogens (tertiary/aromatic N) is 2. The van der Waals surface area contributed by atoms with Crippen LogP contribution in [0.5, 0.6) is 0 Å². The highest BCUT2D eigenvalue weighted by Gasteiger charge is 2.76. The number of aliphatic hydroxyl groups excluding tert-OH is 2. The van der Waals surface area contributed by atoms with E-state index in [1.165, 1.54) is 11.3 Å². The summed E-state index contributed by atoms with van der Waals surface area (Å²) in [6.07, 6.45) is 2.56. The average molecular weight is 326 g/mol. The summed E-state index contributed by atoms with van der Waals surface area (Å²) in [6.45, 7) is 2.19. The van der Waals surface area contributed by atoms with Crippen LogP contribution in [0, 0.1) is 17.8 Å². The minimum Gasteiger partial charge on any atom is -0.392 e. The molecule has 1 spiro atoms. The van der Waals surface area contributed by atoms with Crippen LogP contribution in [0.15, 0.2) is 24.3 Å². The largest absolute Gasteiger partial charge is 0.392 e. The van der Waals surface area contributed by atoms with Crippen LogP contribution in [-0.4, -0.2) is 52.6 Å². The molecule has 10 atom stereocenters. The van der Waals surface area contributed by atoms with Gasteiger partial charge in [-0.25, -0.2) is 0 Å². The fourth-order valence-corrected chi connectivity index (χ4v) is 7.88. The molecule has 7 rings (SSSR count). The maximum absolute atomic E-state index is 11.6. The molecule has 1 aromatic rings. The van der Waals surface area contributed by atoms with Crippen LogP contribution >= 0.6 is 0 Å². The van der Waals surface area contributed by atoms with Crippen LogP contribution < -0.4 is 4.90 Å². The lowest BCUT2D eigenvalue weighted by atomic mass is 9.62. The standard InChI is InChI=1S/C20H26N2O2/c1-3-10-11-8-14-17-20(12-6-4-5-7-13(12)21(17)2)9-15(16(11)18(20)23)22(14)19(10)24/h4-7,10-11,14-19,23-24H,3,8-9H2,1-2H3/t10?,11?,14?,15?,16?,17-,18?,19?,20?/m0/s1. The minimum absolute atomic E-state index is 0.126. The summed E-state index contributed by atoms with van der Waals surface area (Å²) in [5.41, 5.74) is 2.51. The smallest absolute Gasteiger partial charge is 0.111 e. The first-order valence-electron chi connectivity index (χ1n) is 9.57. The van der Waals surface area contributed by atoms with E-state index in [1.807, 2.05) is 0 Å². The molecule has 4 heteroatoms. The summed E-state index contributed by atoms with van der Waals surface area (Å²) >= 11 is 0. The predicted molar refractivity (Wildman–Crippen MR) is 91.7 cm³/mol. The van der Waals surface area contributed by atoms with Gasteiger partial charge < -0.3 is 15.1 Å². The first-order valence-corrected chi connectivity index (χ1v) is 9.57. The third-order valence-corrected chi connectivity index (χ3v) is 8.46. The van der Waals surface area contributed by atoms with Crippen molar-refractivity contribution in [3.63, 3.8) is 0 Å². The molecule has 5 bridgehead atoms.